The fraction of sp³-hybridized carbons (Fsp3) is 0.379. The van der Waals surface area contributed by atoms with E-state index in [0.29, 0.717) is 18.7 Å². The van der Waals surface area contributed by atoms with E-state index >= 15 is 0 Å². The molecule has 2 N–H and O–H groups in total. The fourth-order valence-corrected chi connectivity index (χ4v) is 9.46. The molecule has 2 aliphatic heterocycles. The molecular formula is C29H33N4O3S3+. The zero-order chi connectivity index (χ0) is 27.0. The van der Waals surface area contributed by atoms with Gasteiger partial charge in [0, 0.05) is 30.6 Å². The molecule has 0 saturated carbocycles. The summed E-state index contributed by atoms with van der Waals surface area (Å²) >= 11 is 3.31. The highest BCUT2D eigenvalue weighted by atomic mass is 32.2. The minimum absolute atomic E-state index is 0.241. The van der Waals surface area contributed by atoms with Crippen molar-refractivity contribution < 1.29 is 18.1 Å². The lowest BCUT2D eigenvalue weighted by atomic mass is 10.0. The number of amides is 1. The second-order valence-electron chi connectivity index (χ2n) is 10.3. The van der Waals surface area contributed by atoms with Crippen molar-refractivity contribution in [3.05, 3.63) is 64.5 Å². The molecule has 1 atom stereocenters. The first-order valence-corrected chi connectivity index (χ1v) is 16.8. The Morgan fingerprint density at radius 1 is 1.03 bits per heavy atom. The van der Waals surface area contributed by atoms with Gasteiger partial charge >= 0.3 is 0 Å². The number of fused-ring (bicyclic) bond motifs is 2. The van der Waals surface area contributed by atoms with Gasteiger partial charge in [0.2, 0.25) is 10.0 Å². The maximum absolute atomic E-state index is 13.4. The number of nitrogens with one attached hydrogen (secondary N) is 2. The molecule has 0 bridgehead atoms. The maximum atomic E-state index is 13.4. The third-order valence-corrected chi connectivity index (χ3v) is 11.9. The van der Waals surface area contributed by atoms with E-state index in [1.54, 1.807) is 56.1 Å². The minimum atomic E-state index is -3.56. The summed E-state index contributed by atoms with van der Waals surface area (Å²) in [5.41, 5.74) is 3.74. The molecule has 2 aromatic heterocycles. The van der Waals surface area contributed by atoms with Gasteiger partial charge in [-0.05, 0) is 61.7 Å². The number of nitrogens with zero attached hydrogens (tertiary/aromatic N) is 2. The van der Waals surface area contributed by atoms with Crippen molar-refractivity contribution in [3.8, 4) is 10.6 Å². The lowest BCUT2D eigenvalue weighted by Gasteiger charge is -2.22. The number of anilines is 1. The Bertz CT molecular complexity index is 1570. The molecule has 2 aromatic carbocycles. The predicted octanol–water partition coefficient (Wildman–Crippen LogP) is 4.80. The molecule has 7 nitrogen and oxygen atoms in total. The molecule has 4 aromatic rings. The van der Waals surface area contributed by atoms with E-state index < -0.39 is 10.0 Å². The van der Waals surface area contributed by atoms with E-state index in [1.807, 2.05) is 18.2 Å². The van der Waals surface area contributed by atoms with Crippen LogP contribution in [0.2, 0.25) is 0 Å². The monoisotopic (exact) mass is 581 g/mol. The van der Waals surface area contributed by atoms with Crippen molar-refractivity contribution in [2.24, 2.45) is 0 Å². The molecule has 4 heterocycles. The Labute approximate surface area is 237 Å². The normalized spacial score (nSPS) is 18.5. The fourth-order valence-electron chi connectivity index (χ4n) is 5.52. The van der Waals surface area contributed by atoms with E-state index in [-0.39, 0.29) is 10.8 Å². The minimum Gasteiger partial charge on any atom is -0.330 e. The predicted molar refractivity (Wildman–Crippen MR) is 158 cm³/mol. The first kappa shape index (κ1) is 26.6. The number of carbonyl (C=O) groups is 1. The summed E-state index contributed by atoms with van der Waals surface area (Å²) in [4.78, 5) is 21.4. The maximum Gasteiger partial charge on any atom is 0.256 e. The number of hydrogen-bond acceptors (Lipinski definition) is 6. The highest BCUT2D eigenvalue weighted by Gasteiger charge is 2.30. The Balaban J connectivity index is 1.29. The molecule has 39 heavy (non-hydrogen) atoms. The van der Waals surface area contributed by atoms with Gasteiger partial charge in [0.15, 0.2) is 0 Å². The van der Waals surface area contributed by atoms with E-state index in [4.69, 9.17) is 4.98 Å². The van der Waals surface area contributed by atoms with Gasteiger partial charge in [-0.1, -0.05) is 25.0 Å². The van der Waals surface area contributed by atoms with Gasteiger partial charge < -0.3 is 10.2 Å². The summed E-state index contributed by atoms with van der Waals surface area (Å²) in [6, 6.07) is 14.5. The summed E-state index contributed by atoms with van der Waals surface area (Å²) in [7, 11) is -3.56. The van der Waals surface area contributed by atoms with Crippen LogP contribution in [0.4, 0.5) is 5.00 Å². The number of aromatic nitrogens is 1. The first-order chi connectivity index (χ1) is 18.9. The number of quaternary nitrogens is 1. The van der Waals surface area contributed by atoms with Gasteiger partial charge in [0.25, 0.3) is 5.91 Å². The number of sulfonamides is 1. The highest BCUT2D eigenvalue weighted by molar-refractivity contribution is 7.89. The van der Waals surface area contributed by atoms with E-state index in [0.717, 1.165) is 77.5 Å². The molecule has 0 spiro atoms. The number of benzene rings is 2. The molecule has 10 heteroatoms. The Morgan fingerprint density at radius 2 is 1.77 bits per heavy atom. The van der Waals surface area contributed by atoms with Gasteiger partial charge in [-0.15, -0.1) is 22.7 Å². The molecule has 1 fully saturated rings. The molecular weight excluding hydrogens is 549 g/mol. The van der Waals surface area contributed by atoms with Crippen molar-refractivity contribution in [2.75, 3.05) is 31.5 Å². The molecule has 6 rings (SSSR count). The van der Waals surface area contributed by atoms with Crippen LogP contribution in [0, 0.1) is 0 Å². The Kier molecular flexibility index (Phi) is 7.56. The average Bonchev–Trinajstić information content (AvgIpc) is 3.41. The quantitative estimate of drug-likeness (QED) is 0.343. The van der Waals surface area contributed by atoms with Crippen LogP contribution in [-0.4, -0.2) is 49.8 Å². The Hall–Kier alpha value is -2.63. The molecule has 1 unspecified atom stereocenters. The van der Waals surface area contributed by atoms with E-state index in [1.165, 1.54) is 10.4 Å². The topological polar surface area (TPSA) is 83.8 Å². The number of carbonyl (C=O) groups excluding carboxylic acids is 1. The second-order valence-corrected chi connectivity index (χ2v) is 14.3. The number of thiophene rings is 1. The van der Waals surface area contributed by atoms with E-state index in [9.17, 15) is 13.2 Å². The van der Waals surface area contributed by atoms with Crippen LogP contribution in [0.25, 0.3) is 20.8 Å². The van der Waals surface area contributed by atoms with Crippen molar-refractivity contribution >= 4 is 53.8 Å². The SMILES string of the molecule is CC[NH+]1CCc2c(sc(NC(=O)c3ccc(S(=O)(=O)N4CCCCCC4)cc3)c2-c2nc3ccccc3s2)C1. The van der Waals surface area contributed by atoms with Crippen LogP contribution >= 0.6 is 22.7 Å². The van der Waals surface area contributed by atoms with Crippen LogP contribution in [0.1, 0.15) is 53.4 Å². The molecule has 1 amide bonds. The van der Waals surface area contributed by atoms with Crippen molar-refractivity contribution in [2.45, 2.75) is 50.5 Å². The van der Waals surface area contributed by atoms with Crippen LogP contribution < -0.4 is 10.2 Å². The molecule has 204 valence electrons. The third-order valence-electron chi connectivity index (χ3n) is 7.78. The standard InChI is InChI=1S/C29H32N4O3S3/c1-2-32-18-15-22-25(19-32)38-29(26(22)28-30-23-9-5-6-10-24(23)37-28)31-27(34)20-11-13-21(14-12-20)39(35,36)33-16-7-3-4-8-17-33/h5-6,9-14H,2-4,7-8,15-19H2,1H3,(H,31,34)/p+1. The third kappa shape index (κ3) is 5.28. The molecule has 0 radical (unpaired) electrons. The van der Waals surface area contributed by atoms with Gasteiger partial charge in [0.1, 0.15) is 16.6 Å². The summed E-state index contributed by atoms with van der Waals surface area (Å²) in [6.45, 7) is 6.41. The number of hydrogen-bond donors (Lipinski definition) is 2. The van der Waals surface area contributed by atoms with Crippen LogP contribution in [0.3, 0.4) is 0 Å². The van der Waals surface area contributed by atoms with Crippen molar-refractivity contribution in [1.82, 2.24) is 9.29 Å². The number of para-hydroxylation sites is 1. The molecule has 2 aliphatic rings. The molecule has 1 saturated heterocycles. The van der Waals surface area contributed by atoms with Crippen LogP contribution in [0.15, 0.2) is 53.4 Å². The largest absolute Gasteiger partial charge is 0.330 e. The lowest BCUT2D eigenvalue weighted by molar-refractivity contribution is -0.913. The van der Waals surface area contributed by atoms with Gasteiger partial charge in [-0.25, -0.2) is 13.4 Å². The number of thiazole rings is 1. The summed E-state index contributed by atoms with van der Waals surface area (Å²) in [6.07, 6.45) is 4.86. The van der Waals surface area contributed by atoms with Gasteiger partial charge in [-0.3, -0.25) is 4.79 Å². The first-order valence-electron chi connectivity index (χ1n) is 13.7. The van der Waals surface area contributed by atoms with Crippen LogP contribution in [-0.2, 0) is 23.0 Å². The zero-order valence-electron chi connectivity index (χ0n) is 22.0. The van der Waals surface area contributed by atoms with Crippen molar-refractivity contribution in [1.29, 1.82) is 0 Å². The van der Waals surface area contributed by atoms with E-state index in [2.05, 4.69) is 18.3 Å². The summed E-state index contributed by atoms with van der Waals surface area (Å²) < 4.78 is 29.0. The van der Waals surface area contributed by atoms with Crippen molar-refractivity contribution in [3.63, 3.8) is 0 Å². The number of rotatable bonds is 6. The second kappa shape index (κ2) is 11.1. The average molecular weight is 582 g/mol. The highest BCUT2D eigenvalue weighted by Crippen LogP contribution is 2.44. The summed E-state index contributed by atoms with van der Waals surface area (Å²) in [5.74, 6) is -0.241. The lowest BCUT2D eigenvalue weighted by Crippen LogP contribution is -3.11. The Morgan fingerprint density at radius 3 is 2.49 bits per heavy atom. The molecule has 0 aliphatic carbocycles. The summed E-state index contributed by atoms with van der Waals surface area (Å²) in [5, 5.41) is 4.92. The van der Waals surface area contributed by atoms with Crippen LogP contribution in [0.5, 0.6) is 0 Å². The van der Waals surface area contributed by atoms with Gasteiger partial charge in [-0.2, -0.15) is 4.31 Å². The number of likely N-dealkylation sites (N-methyl/N-ethyl adjacent to an activating group) is 1. The van der Waals surface area contributed by atoms with Gasteiger partial charge in [0.05, 0.1) is 33.1 Å². The smallest absolute Gasteiger partial charge is 0.256 e. The zero-order valence-corrected chi connectivity index (χ0v) is 24.5.